The van der Waals surface area contributed by atoms with Crippen LogP contribution < -0.4 is 10.6 Å². The Balaban J connectivity index is 2.19. The maximum absolute atomic E-state index is 4.42. The molecule has 0 saturated carbocycles. The van der Waals surface area contributed by atoms with Crippen molar-refractivity contribution in [1.82, 2.24) is 15.1 Å². The lowest BCUT2D eigenvalue weighted by molar-refractivity contribution is 0.536. The van der Waals surface area contributed by atoms with Crippen LogP contribution in [-0.2, 0) is 0 Å². The van der Waals surface area contributed by atoms with Crippen molar-refractivity contribution in [3.8, 4) is 0 Å². The summed E-state index contributed by atoms with van der Waals surface area (Å²) >= 11 is 0. The van der Waals surface area contributed by atoms with Crippen molar-refractivity contribution in [3.05, 3.63) is 11.8 Å². The number of aromatic nitrogens is 2. The molecule has 1 aliphatic heterocycles. The summed E-state index contributed by atoms with van der Waals surface area (Å²) in [7, 11) is 0. The van der Waals surface area contributed by atoms with E-state index in [0.29, 0.717) is 6.04 Å². The fraction of sp³-hybridized carbons (Fsp3) is 0.600. The number of aliphatic imine (C=N–C) groups is 1. The summed E-state index contributed by atoms with van der Waals surface area (Å²) in [5.41, 5.74) is 1.02. The van der Waals surface area contributed by atoms with Crippen LogP contribution in [0.25, 0.3) is 0 Å². The molecule has 2 rings (SSSR count). The molecule has 82 valence electrons. The first-order chi connectivity index (χ1) is 7.16. The highest BCUT2D eigenvalue weighted by Gasteiger charge is 2.11. The van der Waals surface area contributed by atoms with Crippen LogP contribution in [0.15, 0.2) is 11.1 Å². The van der Waals surface area contributed by atoms with Crippen molar-refractivity contribution in [3.63, 3.8) is 0 Å². The second kappa shape index (κ2) is 3.92. The molecule has 5 nitrogen and oxygen atoms in total. The largest absolute Gasteiger partial charge is 0.354 e. The normalized spacial score (nSPS) is 15.3. The van der Waals surface area contributed by atoms with Crippen molar-refractivity contribution >= 4 is 11.8 Å². The molecule has 2 N–H and O–H groups in total. The van der Waals surface area contributed by atoms with Gasteiger partial charge in [0, 0.05) is 18.7 Å². The standard InChI is InChI=1S/C10H17N5/c1-7(2)15-9(6-8(3)14-15)13-10-11-4-5-12-10/h6-7H,4-5H2,1-3H3,(H2,11,12,13). The number of nitrogens with zero attached hydrogens (tertiary/aromatic N) is 3. The van der Waals surface area contributed by atoms with Gasteiger partial charge in [0.1, 0.15) is 5.82 Å². The van der Waals surface area contributed by atoms with E-state index in [1.807, 2.05) is 17.7 Å². The van der Waals surface area contributed by atoms with Crippen LogP contribution in [0.5, 0.6) is 0 Å². The van der Waals surface area contributed by atoms with Crippen LogP contribution in [0.2, 0.25) is 0 Å². The Labute approximate surface area is 89.6 Å². The smallest absolute Gasteiger partial charge is 0.197 e. The Morgan fingerprint density at radius 1 is 1.53 bits per heavy atom. The van der Waals surface area contributed by atoms with E-state index in [4.69, 9.17) is 0 Å². The van der Waals surface area contributed by atoms with Crippen LogP contribution in [-0.4, -0.2) is 28.8 Å². The maximum Gasteiger partial charge on any atom is 0.197 e. The third-order valence-corrected chi connectivity index (χ3v) is 2.27. The topological polar surface area (TPSA) is 54.2 Å². The Hall–Kier alpha value is -1.52. The second-order valence-corrected chi connectivity index (χ2v) is 3.99. The molecule has 1 aromatic rings. The van der Waals surface area contributed by atoms with Crippen LogP contribution in [0.1, 0.15) is 25.6 Å². The first kappa shape index (κ1) is 10.0. The molecule has 0 fully saturated rings. The molecule has 0 spiro atoms. The molecule has 5 heteroatoms. The zero-order valence-corrected chi connectivity index (χ0v) is 9.41. The molecule has 2 heterocycles. The molecule has 0 radical (unpaired) electrons. The average molecular weight is 207 g/mol. The summed E-state index contributed by atoms with van der Waals surface area (Å²) in [6.45, 7) is 7.98. The van der Waals surface area contributed by atoms with E-state index < -0.39 is 0 Å². The monoisotopic (exact) mass is 207 g/mol. The number of aryl methyl sites for hydroxylation is 1. The summed E-state index contributed by atoms with van der Waals surface area (Å²) in [6.07, 6.45) is 0. The minimum Gasteiger partial charge on any atom is -0.354 e. The lowest BCUT2D eigenvalue weighted by Gasteiger charge is -2.12. The Morgan fingerprint density at radius 2 is 2.33 bits per heavy atom. The van der Waals surface area contributed by atoms with E-state index in [-0.39, 0.29) is 0 Å². The number of guanidine groups is 1. The van der Waals surface area contributed by atoms with Crippen molar-refractivity contribution in [1.29, 1.82) is 0 Å². The van der Waals surface area contributed by atoms with E-state index in [1.165, 1.54) is 0 Å². The zero-order valence-electron chi connectivity index (χ0n) is 9.41. The Bertz CT molecular complexity index is 377. The number of rotatable bonds is 2. The summed E-state index contributed by atoms with van der Waals surface area (Å²) in [5.74, 6) is 1.84. The fourth-order valence-electron chi connectivity index (χ4n) is 1.61. The minimum atomic E-state index is 0.350. The van der Waals surface area contributed by atoms with Crippen molar-refractivity contribution < 1.29 is 0 Å². The summed E-state index contributed by atoms with van der Waals surface area (Å²) in [5, 5.41) is 10.9. The predicted molar refractivity (Wildman–Crippen MR) is 61.3 cm³/mol. The highest BCUT2D eigenvalue weighted by atomic mass is 15.4. The molecule has 1 aliphatic rings. The van der Waals surface area contributed by atoms with Gasteiger partial charge in [0.05, 0.1) is 12.2 Å². The molecule has 0 aromatic carbocycles. The van der Waals surface area contributed by atoms with E-state index in [0.717, 1.165) is 30.6 Å². The first-order valence-electron chi connectivity index (χ1n) is 5.28. The fourth-order valence-corrected chi connectivity index (χ4v) is 1.61. The molecular formula is C10H17N5. The minimum absolute atomic E-state index is 0.350. The van der Waals surface area contributed by atoms with Gasteiger partial charge in [-0.1, -0.05) is 0 Å². The number of anilines is 1. The van der Waals surface area contributed by atoms with E-state index in [1.54, 1.807) is 0 Å². The third kappa shape index (κ3) is 2.11. The van der Waals surface area contributed by atoms with Gasteiger partial charge in [-0.25, -0.2) is 4.68 Å². The highest BCUT2D eigenvalue weighted by Crippen LogP contribution is 2.15. The molecule has 0 bridgehead atoms. The molecule has 0 atom stereocenters. The van der Waals surface area contributed by atoms with Gasteiger partial charge in [-0.2, -0.15) is 5.10 Å². The molecule has 0 unspecified atom stereocenters. The first-order valence-corrected chi connectivity index (χ1v) is 5.28. The van der Waals surface area contributed by atoms with Crippen molar-refractivity contribution in [2.75, 3.05) is 18.4 Å². The summed E-state index contributed by atoms with van der Waals surface area (Å²) in [4.78, 5) is 4.29. The Kier molecular flexibility index (Phi) is 2.62. The Morgan fingerprint density at radius 3 is 2.93 bits per heavy atom. The summed E-state index contributed by atoms with van der Waals surface area (Å²) in [6, 6.07) is 2.38. The van der Waals surface area contributed by atoms with Gasteiger partial charge in [-0.15, -0.1) is 0 Å². The van der Waals surface area contributed by atoms with Crippen LogP contribution >= 0.6 is 0 Å². The molecule has 15 heavy (non-hydrogen) atoms. The zero-order chi connectivity index (χ0) is 10.8. The molecule has 0 saturated heterocycles. The number of hydrogen-bond donors (Lipinski definition) is 2. The average Bonchev–Trinajstić information content (AvgIpc) is 2.75. The van der Waals surface area contributed by atoms with Gasteiger partial charge >= 0.3 is 0 Å². The van der Waals surface area contributed by atoms with Gasteiger partial charge in [0.15, 0.2) is 5.96 Å². The van der Waals surface area contributed by atoms with Gasteiger partial charge in [0.2, 0.25) is 0 Å². The lowest BCUT2D eigenvalue weighted by Crippen LogP contribution is -2.27. The predicted octanol–water partition coefficient (Wildman–Crippen LogP) is 1.14. The second-order valence-electron chi connectivity index (χ2n) is 3.99. The molecule has 0 amide bonds. The van der Waals surface area contributed by atoms with Gasteiger partial charge in [-0.05, 0) is 20.8 Å². The van der Waals surface area contributed by atoms with Gasteiger partial charge < -0.3 is 10.6 Å². The number of hydrogen-bond acceptors (Lipinski definition) is 4. The van der Waals surface area contributed by atoms with Crippen LogP contribution in [0, 0.1) is 6.92 Å². The number of nitrogens with one attached hydrogen (secondary N) is 2. The van der Waals surface area contributed by atoms with Gasteiger partial charge in [-0.3, -0.25) is 4.99 Å². The van der Waals surface area contributed by atoms with E-state index in [9.17, 15) is 0 Å². The third-order valence-electron chi connectivity index (χ3n) is 2.27. The quantitative estimate of drug-likeness (QED) is 0.764. The van der Waals surface area contributed by atoms with Gasteiger partial charge in [0.25, 0.3) is 0 Å². The molecule has 1 aromatic heterocycles. The SMILES string of the molecule is Cc1cc(NC2=NCCN2)n(C(C)C)n1. The summed E-state index contributed by atoms with van der Waals surface area (Å²) < 4.78 is 1.97. The van der Waals surface area contributed by atoms with Crippen LogP contribution in [0.3, 0.4) is 0 Å². The van der Waals surface area contributed by atoms with E-state index in [2.05, 4.69) is 34.6 Å². The van der Waals surface area contributed by atoms with E-state index >= 15 is 0 Å². The molecule has 0 aliphatic carbocycles. The maximum atomic E-state index is 4.42. The van der Waals surface area contributed by atoms with Crippen LogP contribution in [0.4, 0.5) is 5.82 Å². The van der Waals surface area contributed by atoms with Crippen molar-refractivity contribution in [2.24, 2.45) is 4.99 Å². The highest BCUT2D eigenvalue weighted by molar-refractivity contribution is 5.93. The lowest BCUT2D eigenvalue weighted by atomic mass is 10.4. The van der Waals surface area contributed by atoms with Crippen molar-refractivity contribution in [2.45, 2.75) is 26.8 Å². The molecular weight excluding hydrogens is 190 g/mol.